The van der Waals surface area contributed by atoms with Gasteiger partial charge in [-0.15, -0.1) is 22.8 Å². The van der Waals surface area contributed by atoms with Crippen LogP contribution in [0.25, 0.3) is 56.2 Å². The van der Waals surface area contributed by atoms with Gasteiger partial charge in [-0.3, -0.25) is 0 Å². The van der Waals surface area contributed by atoms with E-state index in [1.54, 1.807) is 0 Å². The van der Waals surface area contributed by atoms with E-state index >= 15 is 0 Å². The van der Waals surface area contributed by atoms with Gasteiger partial charge in [-0.1, -0.05) is 188 Å². The molecule has 0 fully saturated rings. The number of aryl methyl sites for hydroxylation is 6. The van der Waals surface area contributed by atoms with Crippen molar-refractivity contribution < 1.29 is 17.1 Å². The minimum absolute atomic E-state index is 0. The van der Waals surface area contributed by atoms with E-state index in [1.807, 2.05) is 0 Å². The Bertz CT molecular complexity index is 3820. The second kappa shape index (κ2) is 19.4. The van der Waals surface area contributed by atoms with E-state index in [0.717, 1.165) is 71.3 Å². The molecule has 75 heavy (non-hydrogen) atoms. The van der Waals surface area contributed by atoms with E-state index < -0.39 is 0 Å². The Balaban J connectivity index is 0.000000169. The van der Waals surface area contributed by atoms with Crippen molar-refractivity contribution in [2.24, 2.45) is 9.98 Å². The van der Waals surface area contributed by atoms with Gasteiger partial charge in [0.05, 0.1) is 22.8 Å². The number of aliphatic imine (C=N–C) groups is 2. The van der Waals surface area contributed by atoms with Crippen molar-refractivity contribution in [3.05, 3.63) is 221 Å². The molecule has 8 aromatic rings. The van der Waals surface area contributed by atoms with Crippen molar-refractivity contribution in [3.8, 4) is 22.5 Å². The molecule has 0 bridgehead atoms. The van der Waals surface area contributed by atoms with Crippen LogP contribution in [0.15, 0.2) is 153 Å². The molecule has 381 valence electrons. The van der Waals surface area contributed by atoms with Gasteiger partial charge in [0.15, 0.2) is 0 Å². The summed E-state index contributed by atoms with van der Waals surface area (Å²) < 4.78 is 0. The van der Waals surface area contributed by atoms with Crippen molar-refractivity contribution in [1.29, 1.82) is 0 Å². The summed E-state index contributed by atoms with van der Waals surface area (Å²) in [5.41, 5.74) is 32.7. The standard InChI is InChI=1S/2C35H35N2.Cu/c1-8-25-29-18-23-11-9-10-12-26(23)33(29)36-30(25)19-31-28-15-20(2)13-14-27(28)34(37-31)32-21(3)16-24(17-22(32)4)35(5,6)7;1-8-25-29-18-23-11-9-10-12-26(23)33(29)36-30(25)19-31-27-14-13-20(2)15-28(27)34(37-31)32-21(3)16-24(17-22(32)4)35(5,6)7;/h2*9-17,19H,8,18H2,1-7H3;/q2*-1;+2/b2*30-19-;. The number of hydrogen-bond acceptors (Lipinski definition) is 2. The average Bonchev–Trinajstić information content (AvgIpc) is 4.19. The number of benzene rings is 6. The minimum atomic E-state index is 0. The van der Waals surface area contributed by atoms with Crippen LogP contribution in [0.3, 0.4) is 0 Å². The van der Waals surface area contributed by atoms with E-state index in [0.29, 0.717) is 0 Å². The third-order valence-corrected chi connectivity index (χ3v) is 16.1. The Kier molecular flexibility index (Phi) is 13.4. The van der Waals surface area contributed by atoms with Gasteiger partial charge in [-0.05, 0) is 165 Å². The maximum Gasteiger partial charge on any atom is 2.00 e. The first kappa shape index (κ1) is 51.7. The molecule has 0 unspecified atom stereocenters. The summed E-state index contributed by atoms with van der Waals surface area (Å²) in [5, 5.41) is 4.85. The molecule has 2 aliphatic heterocycles. The molecule has 0 amide bonds. The molecule has 5 heteroatoms. The fourth-order valence-electron chi connectivity index (χ4n) is 12.2. The van der Waals surface area contributed by atoms with Crippen molar-refractivity contribution in [3.63, 3.8) is 0 Å². The van der Waals surface area contributed by atoms with E-state index in [4.69, 9.17) is 20.0 Å². The Hall–Kier alpha value is -6.78. The molecule has 4 aliphatic rings. The third-order valence-electron chi connectivity index (χ3n) is 16.1. The van der Waals surface area contributed by atoms with Crippen LogP contribution in [0.4, 0.5) is 0 Å². The summed E-state index contributed by atoms with van der Waals surface area (Å²) >= 11 is 0. The molecule has 4 heterocycles. The SMILES string of the molecule is CCC1=C2Cc3ccccc3C2=N/C1=C\c1[n-]c(-c2c(C)cc(C(C)(C)C)cc2C)c2cc(C)ccc12.CCC1=C2Cc3ccccc3C2=N/C1=C\c1[n-]c(-c2c(C)cc(C(C)(C)C)cc2C)c2ccc(C)cc12.[Cu+2]. The zero-order valence-corrected chi connectivity index (χ0v) is 47.4. The summed E-state index contributed by atoms with van der Waals surface area (Å²) in [6.45, 7) is 31.4. The van der Waals surface area contributed by atoms with E-state index in [9.17, 15) is 0 Å². The van der Waals surface area contributed by atoms with E-state index in [1.165, 1.54) is 122 Å². The molecule has 12 rings (SSSR count). The molecule has 2 aliphatic carbocycles. The Labute approximate surface area is 456 Å². The third kappa shape index (κ3) is 9.10. The number of allylic oxidation sites excluding steroid dienone is 4. The van der Waals surface area contributed by atoms with Crippen LogP contribution in [0, 0.1) is 41.5 Å². The summed E-state index contributed by atoms with van der Waals surface area (Å²) in [6.07, 6.45) is 8.37. The second-order valence-electron chi connectivity index (χ2n) is 23.5. The number of aromatic nitrogens is 2. The van der Waals surface area contributed by atoms with Crippen LogP contribution < -0.4 is 9.97 Å². The van der Waals surface area contributed by atoms with E-state index in [-0.39, 0.29) is 27.9 Å². The van der Waals surface area contributed by atoms with Gasteiger partial charge in [-0.25, -0.2) is 9.98 Å². The summed E-state index contributed by atoms with van der Waals surface area (Å²) in [4.78, 5) is 21.0. The van der Waals surface area contributed by atoms with Crippen molar-refractivity contribution in [1.82, 2.24) is 9.97 Å². The molecule has 1 radical (unpaired) electrons. The number of nitrogens with zero attached hydrogens (tertiary/aromatic N) is 4. The van der Waals surface area contributed by atoms with Crippen molar-refractivity contribution in [2.75, 3.05) is 0 Å². The quantitative estimate of drug-likeness (QED) is 0.156. The maximum absolute atomic E-state index is 5.32. The summed E-state index contributed by atoms with van der Waals surface area (Å²) in [7, 11) is 0. The molecule has 2 aromatic heterocycles. The summed E-state index contributed by atoms with van der Waals surface area (Å²) in [5.74, 6) is 0. The smallest absolute Gasteiger partial charge is 0.656 e. The molecule has 6 aromatic carbocycles. The predicted octanol–water partition coefficient (Wildman–Crippen LogP) is 17.6. The predicted molar refractivity (Wildman–Crippen MR) is 315 cm³/mol. The fourth-order valence-corrected chi connectivity index (χ4v) is 12.2. The molecule has 0 spiro atoms. The van der Waals surface area contributed by atoms with Crippen LogP contribution in [0.5, 0.6) is 0 Å². The minimum Gasteiger partial charge on any atom is -0.656 e. The molecule has 0 atom stereocenters. The van der Waals surface area contributed by atoms with Crippen LogP contribution in [0.1, 0.15) is 146 Å². The van der Waals surface area contributed by atoms with Gasteiger partial charge in [-0.2, -0.15) is 0 Å². The first-order chi connectivity index (χ1) is 35.3. The average molecular weight is 1030 g/mol. The number of hydrogen-bond donors (Lipinski definition) is 0. The van der Waals surface area contributed by atoms with Crippen LogP contribution in [-0.2, 0) is 40.7 Å². The molecular weight excluding hydrogens is 960 g/mol. The Morgan fingerprint density at radius 1 is 0.467 bits per heavy atom. The largest absolute Gasteiger partial charge is 2.00 e. The van der Waals surface area contributed by atoms with Gasteiger partial charge >= 0.3 is 17.1 Å². The van der Waals surface area contributed by atoms with Gasteiger partial charge in [0.1, 0.15) is 0 Å². The molecule has 4 nitrogen and oxygen atoms in total. The molecule has 0 N–H and O–H groups in total. The maximum atomic E-state index is 5.32. The Morgan fingerprint density at radius 2 is 0.853 bits per heavy atom. The molecular formula is C70H70CuN4. The first-order valence-electron chi connectivity index (χ1n) is 26.9. The monoisotopic (exact) mass is 1030 g/mol. The van der Waals surface area contributed by atoms with Crippen LogP contribution in [0.2, 0.25) is 0 Å². The van der Waals surface area contributed by atoms with Gasteiger partial charge < -0.3 is 9.97 Å². The second-order valence-corrected chi connectivity index (χ2v) is 23.5. The zero-order valence-electron chi connectivity index (χ0n) is 46.5. The first-order valence-corrected chi connectivity index (χ1v) is 26.9. The van der Waals surface area contributed by atoms with Crippen LogP contribution in [-0.4, -0.2) is 11.4 Å². The topological polar surface area (TPSA) is 52.9 Å². The zero-order chi connectivity index (χ0) is 52.1. The number of rotatable bonds is 6. The normalized spacial score (nSPS) is 15.9. The van der Waals surface area contributed by atoms with Gasteiger partial charge in [0.25, 0.3) is 0 Å². The van der Waals surface area contributed by atoms with Gasteiger partial charge in [0.2, 0.25) is 0 Å². The molecule has 0 saturated carbocycles. The van der Waals surface area contributed by atoms with E-state index in [2.05, 4.69) is 218 Å². The van der Waals surface area contributed by atoms with Crippen LogP contribution >= 0.6 is 0 Å². The molecule has 0 saturated heterocycles. The number of fused-ring (bicyclic) bond motifs is 8. The summed E-state index contributed by atoms with van der Waals surface area (Å²) in [6, 6.07) is 40.2. The fraction of sp³-hybridized carbons (Fsp3) is 0.286. The Morgan fingerprint density at radius 3 is 1.28 bits per heavy atom. The van der Waals surface area contributed by atoms with Crippen molar-refractivity contribution >= 4 is 45.1 Å². The van der Waals surface area contributed by atoms with Crippen molar-refractivity contribution in [2.45, 2.75) is 133 Å². The van der Waals surface area contributed by atoms with Gasteiger partial charge in [0, 0.05) is 24.0 Å².